The third-order valence-corrected chi connectivity index (χ3v) is 4.40. The maximum absolute atomic E-state index is 9.49. The third-order valence-electron chi connectivity index (χ3n) is 3.39. The molecule has 7 heteroatoms. The van der Waals surface area contributed by atoms with E-state index in [0.717, 1.165) is 0 Å². The fourth-order valence-corrected chi connectivity index (χ4v) is 2.58. The molecule has 0 spiro atoms. The van der Waals surface area contributed by atoms with Crippen LogP contribution in [-0.2, 0) is 14.4 Å². The van der Waals surface area contributed by atoms with Crippen molar-refractivity contribution in [2.75, 3.05) is 0 Å². The summed E-state index contributed by atoms with van der Waals surface area (Å²) in [5.74, 6) is -2.88. The van der Waals surface area contributed by atoms with Gasteiger partial charge in [0.05, 0.1) is 0 Å². The molecule has 0 heterocycles. The van der Waals surface area contributed by atoms with Crippen molar-refractivity contribution in [1.29, 1.82) is 0 Å². The molecule has 0 radical (unpaired) electrons. The van der Waals surface area contributed by atoms with Gasteiger partial charge >= 0.3 is 85.3 Å². The van der Waals surface area contributed by atoms with E-state index in [1.165, 1.54) is 55.8 Å². The Kier molecular flexibility index (Phi) is 42.6. The summed E-state index contributed by atoms with van der Waals surface area (Å²) in [7, 11) is 0. The van der Waals surface area contributed by atoms with E-state index in [2.05, 4.69) is 6.92 Å². The molecule has 0 amide bonds. The van der Waals surface area contributed by atoms with E-state index in [9.17, 15) is 29.7 Å². The van der Waals surface area contributed by atoms with Crippen molar-refractivity contribution in [1.82, 2.24) is 0 Å². The third kappa shape index (κ3) is 65.8. The second-order valence-electron chi connectivity index (χ2n) is 6.59. The first-order valence-electron chi connectivity index (χ1n) is 11.0. The molecule has 0 saturated carbocycles. The summed E-state index contributed by atoms with van der Waals surface area (Å²) in [6.45, 7) is 7.68. The van der Waals surface area contributed by atoms with Crippen molar-refractivity contribution in [3.8, 4) is 0 Å². The molecule has 170 valence electrons. The molecule has 0 aromatic heterocycles. The number of carbonyl (C=O) groups is 3. The molecule has 0 aliphatic carbocycles. The second kappa shape index (κ2) is 34.7. The second-order valence-corrected chi connectivity index (χ2v) is 8.02. The molecule has 0 bridgehead atoms. The van der Waals surface area contributed by atoms with Crippen LogP contribution in [0.3, 0.4) is 0 Å². The minimum atomic E-state index is -0.961. The number of unbranched alkanes of at least 4 members (excludes halogenated alkanes) is 7. The molecule has 29 heavy (non-hydrogen) atoms. The van der Waals surface area contributed by atoms with E-state index in [-0.39, 0.29) is 19.3 Å². The normalized spacial score (nSPS) is 9.03. The Labute approximate surface area is 191 Å². The van der Waals surface area contributed by atoms with Crippen molar-refractivity contribution in [3.63, 3.8) is 0 Å². The van der Waals surface area contributed by atoms with Gasteiger partial charge in [-0.15, -0.1) is 0 Å². The molecule has 0 aromatic rings. The van der Waals surface area contributed by atoms with Crippen molar-refractivity contribution >= 4 is 40.4 Å². The van der Waals surface area contributed by atoms with Gasteiger partial charge in [0.25, 0.3) is 0 Å². The summed E-state index contributed by atoms with van der Waals surface area (Å²) in [5.41, 5.74) is 0. The van der Waals surface area contributed by atoms with Crippen LogP contribution in [0.1, 0.15) is 118 Å². The van der Waals surface area contributed by atoms with Gasteiger partial charge in [-0.2, -0.15) is 0 Å². The number of carboxylic acid groups (broad SMARTS) is 3. The summed E-state index contributed by atoms with van der Waals surface area (Å²) in [4.78, 5) is 28.5. The summed E-state index contributed by atoms with van der Waals surface area (Å²) in [6.07, 6.45) is 14.2. The van der Waals surface area contributed by atoms with Crippen LogP contribution in [0.25, 0.3) is 0 Å². The Hall–Kier alpha value is -0.791. The van der Waals surface area contributed by atoms with Gasteiger partial charge in [-0.05, 0) is 19.3 Å². The van der Waals surface area contributed by atoms with Crippen LogP contribution in [-0.4, -0.2) is 40.4 Å². The van der Waals surface area contributed by atoms with E-state index in [4.69, 9.17) is 0 Å². The quantitative estimate of drug-likeness (QED) is 0.256. The zero-order chi connectivity index (χ0) is 23.3. The standard InChI is InChI=1S/C10H21.3C4H8O2.Sn/c1-3-5-7-9-10-8-6-4-2;3*1-2-3-4(5)6;/h1,3-10H2,2H3;3*2-3H2,1H3,(H,5,6);/q;;;;+3/p-3. The number of carbonyl (C=O) groups excluding carboxylic acids is 3. The van der Waals surface area contributed by atoms with Gasteiger partial charge in [-0.1, -0.05) is 40.0 Å². The summed E-state index contributed by atoms with van der Waals surface area (Å²) < 4.78 is 1.46. The number of carboxylic acids is 3. The molecule has 0 N–H and O–H groups in total. The molecular formula is C22H42O6Sn. The number of hydrogen-bond donors (Lipinski definition) is 0. The molecule has 0 saturated heterocycles. The van der Waals surface area contributed by atoms with Crippen molar-refractivity contribution < 1.29 is 29.7 Å². The SMILES string of the molecule is CCCC(=O)[O-].CCCC(=O)[O-].CCCC(=O)[O-].CCCCCCCCC[CH2][Sn+3]. The first-order valence-corrected chi connectivity index (χ1v) is 13.0. The number of rotatable bonds is 14. The van der Waals surface area contributed by atoms with E-state index in [1.807, 2.05) is 0 Å². The van der Waals surface area contributed by atoms with Crippen LogP contribution in [0.4, 0.5) is 0 Å². The van der Waals surface area contributed by atoms with Gasteiger partial charge in [0, 0.05) is 17.9 Å². The summed E-state index contributed by atoms with van der Waals surface area (Å²) >= 11 is 1.71. The molecule has 0 rings (SSSR count). The number of hydrogen-bond acceptors (Lipinski definition) is 6. The van der Waals surface area contributed by atoms with E-state index < -0.39 is 17.9 Å². The van der Waals surface area contributed by atoms with E-state index in [1.54, 1.807) is 43.3 Å². The number of aliphatic carboxylic acids is 3. The zero-order valence-corrected chi connectivity index (χ0v) is 21.9. The predicted octanol–water partition coefficient (Wildman–Crippen LogP) is 2.32. The van der Waals surface area contributed by atoms with Crippen LogP contribution in [0.5, 0.6) is 0 Å². The topological polar surface area (TPSA) is 120 Å². The summed E-state index contributed by atoms with van der Waals surface area (Å²) in [5, 5.41) is 28.5. The van der Waals surface area contributed by atoms with Crippen molar-refractivity contribution in [3.05, 3.63) is 0 Å². The van der Waals surface area contributed by atoms with Gasteiger partial charge in [-0.3, -0.25) is 0 Å². The molecule has 0 aromatic carbocycles. The molecule has 0 aliphatic heterocycles. The minimum absolute atomic E-state index is 0.181. The van der Waals surface area contributed by atoms with E-state index in [0.29, 0.717) is 19.3 Å². The Balaban J connectivity index is -0.000000151. The molecule has 0 atom stereocenters. The fraction of sp³-hybridized carbons (Fsp3) is 0.864. The average Bonchev–Trinajstić information content (AvgIpc) is 2.62. The fourth-order valence-electron chi connectivity index (χ4n) is 1.87. The van der Waals surface area contributed by atoms with Crippen LogP contribution in [0.2, 0.25) is 4.44 Å². The molecular weight excluding hydrogens is 479 g/mol. The average molecular weight is 521 g/mol. The van der Waals surface area contributed by atoms with Crippen LogP contribution in [0.15, 0.2) is 0 Å². The molecule has 0 aliphatic rings. The first-order chi connectivity index (χ1) is 13.7. The van der Waals surface area contributed by atoms with Gasteiger partial charge in [0.15, 0.2) is 0 Å². The van der Waals surface area contributed by atoms with Crippen molar-refractivity contribution in [2.45, 2.75) is 122 Å². The molecule has 0 fully saturated rings. The van der Waals surface area contributed by atoms with Gasteiger partial charge in [-0.25, -0.2) is 0 Å². The molecule has 0 unspecified atom stereocenters. The molecule has 6 nitrogen and oxygen atoms in total. The van der Waals surface area contributed by atoms with Crippen LogP contribution < -0.4 is 15.3 Å². The van der Waals surface area contributed by atoms with Gasteiger partial charge < -0.3 is 29.7 Å². The van der Waals surface area contributed by atoms with Gasteiger partial charge in [0.2, 0.25) is 0 Å². The Bertz CT molecular complexity index is 302. The Morgan fingerprint density at radius 2 is 0.793 bits per heavy atom. The maximum atomic E-state index is 9.49. The van der Waals surface area contributed by atoms with Crippen LogP contribution >= 0.6 is 0 Å². The van der Waals surface area contributed by atoms with Gasteiger partial charge in [0.1, 0.15) is 0 Å². The zero-order valence-electron chi connectivity index (χ0n) is 19.1. The van der Waals surface area contributed by atoms with E-state index >= 15 is 0 Å². The van der Waals surface area contributed by atoms with Crippen molar-refractivity contribution in [2.24, 2.45) is 0 Å². The summed E-state index contributed by atoms with van der Waals surface area (Å²) in [6, 6.07) is 0. The van der Waals surface area contributed by atoms with Crippen LogP contribution in [0, 0.1) is 0 Å². The first kappa shape index (κ1) is 35.6. The Morgan fingerprint density at radius 3 is 0.966 bits per heavy atom. The predicted molar refractivity (Wildman–Crippen MR) is 113 cm³/mol. The monoisotopic (exact) mass is 522 g/mol. The Morgan fingerprint density at radius 1 is 0.517 bits per heavy atom.